The molecule has 0 radical (unpaired) electrons. The van der Waals surface area contributed by atoms with E-state index in [2.05, 4.69) is 54.4 Å². The maximum atomic E-state index is 3.97. The number of benzene rings is 1. The van der Waals surface area contributed by atoms with Crippen molar-refractivity contribution in [2.45, 2.75) is 0 Å². The Morgan fingerprint density at radius 1 is 1.07 bits per heavy atom. The van der Waals surface area contributed by atoms with Crippen LogP contribution in [-0.2, 0) is 0 Å². The Morgan fingerprint density at radius 3 is 2.07 bits per heavy atom. The molecule has 0 saturated heterocycles. The molecule has 0 amide bonds. The molecule has 0 spiro atoms. The number of aromatic nitrogens is 1. The molecule has 1 aromatic heterocycles. The van der Waals surface area contributed by atoms with Gasteiger partial charge in [0.15, 0.2) is 0 Å². The summed E-state index contributed by atoms with van der Waals surface area (Å²) in [6, 6.07) is 12.3. The Labute approximate surface area is 93.9 Å². The first kappa shape index (κ1) is 9.82. The second-order valence-electron chi connectivity index (χ2n) is 2.98. The average molecular weight is 266 g/mol. The lowest BCUT2D eigenvalue weighted by Crippen LogP contribution is -1.93. The molecule has 0 saturated carbocycles. The van der Waals surface area contributed by atoms with E-state index in [1.165, 1.54) is 11.1 Å². The van der Waals surface area contributed by atoms with Gasteiger partial charge in [0.25, 0.3) is 0 Å². The molecule has 0 bridgehead atoms. The van der Waals surface area contributed by atoms with Gasteiger partial charge in [-0.3, -0.25) is 4.98 Å². The van der Waals surface area contributed by atoms with Crippen molar-refractivity contribution in [3.63, 3.8) is 0 Å². The molecule has 2 aliphatic rings. The molecule has 0 N–H and O–H groups in total. The van der Waals surface area contributed by atoms with Crippen LogP contribution in [0.1, 0.15) is 0 Å². The number of halogens is 1. The normalized spacial score (nSPS) is 10.1. The topological polar surface area (TPSA) is 12.9 Å². The number of pyridine rings is 1. The second kappa shape index (κ2) is 4.20. The van der Waals surface area contributed by atoms with Gasteiger partial charge in [-0.05, 0) is 29.3 Å². The first-order valence-electron chi connectivity index (χ1n) is 4.23. The van der Waals surface area contributed by atoms with Crippen LogP contribution >= 0.6 is 25.2 Å². The van der Waals surface area contributed by atoms with E-state index in [1.807, 2.05) is 12.1 Å². The number of rotatable bonds is 0. The molecular weight excluding hydrogens is 257 g/mol. The summed E-state index contributed by atoms with van der Waals surface area (Å²) < 4.78 is 1.07. The lowest BCUT2D eigenvalue weighted by atomic mass is 10.5. The molecular formula is C11H9BrNP. The summed E-state index contributed by atoms with van der Waals surface area (Å²) in [7, 11) is 2.52. The van der Waals surface area contributed by atoms with Crippen molar-refractivity contribution in [1.29, 1.82) is 0 Å². The van der Waals surface area contributed by atoms with Crippen LogP contribution in [-0.4, -0.2) is 4.98 Å². The van der Waals surface area contributed by atoms with Gasteiger partial charge in [0.2, 0.25) is 0 Å². The Hall–Kier alpha value is -0.720. The fourth-order valence-corrected chi connectivity index (χ4v) is 1.96. The van der Waals surface area contributed by atoms with Crippen molar-refractivity contribution in [2.75, 3.05) is 0 Å². The largest absolute Gasteiger partial charge is 0.257 e. The highest BCUT2D eigenvalue weighted by atomic mass is 79.9. The number of nitrogens with zero attached hydrogens (tertiary/aromatic N) is 1. The SMILES string of the molecule is Pc1cc(Br)ccn1.c1cc2cc-2c1. The minimum atomic E-state index is 0.958. The molecule has 1 unspecified atom stereocenters. The van der Waals surface area contributed by atoms with E-state index in [1.54, 1.807) is 6.20 Å². The molecule has 1 atom stereocenters. The van der Waals surface area contributed by atoms with E-state index in [0.717, 1.165) is 9.91 Å². The van der Waals surface area contributed by atoms with Crippen LogP contribution in [0.3, 0.4) is 0 Å². The fraction of sp³-hybridized carbons (Fsp3) is 0. The summed E-state index contributed by atoms with van der Waals surface area (Å²) in [5.41, 5.74) is 3.81. The molecule has 0 aromatic carbocycles. The van der Waals surface area contributed by atoms with Gasteiger partial charge >= 0.3 is 0 Å². The molecule has 0 fully saturated rings. The van der Waals surface area contributed by atoms with Gasteiger partial charge in [-0.15, -0.1) is 0 Å². The van der Waals surface area contributed by atoms with E-state index >= 15 is 0 Å². The van der Waals surface area contributed by atoms with Crippen LogP contribution < -0.4 is 5.44 Å². The zero-order valence-corrected chi connectivity index (χ0v) is 10.2. The van der Waals surface area contributed by atoms with Gasteiger partial charge in [0.05, 0.1) is 5.44 Å². The first-order valence-corrected chi connectivity index (χ1v) is 5.60. The molecule has 3 rings (SSSR count). The number of hydrogen-bond acceptors (Lipinski definition) is 1. The maximum Gasteiger partial charge on any atom is 0.0580 e. The van der Waals surface area contributed by atoms with Gasteiger partial charge < -0.3 is 0 Å². The molecule has 14 heavy (non-hydrogen) atoms. The minimum absolute atomic E-state index is 0.958. The molecule has 70 valence electrons. The highest BCUT2D eigenvalue weighted by Crippen LogP contribution is 2.32. The Balaban J connectivity index is 0.000000110. The third-order valence-electron chi connectivity index (χ3n) is 1.86. The second-order valence-corrected chi connectivity index (χ2v) is 4.49. The Morgan fingerprint density at radius 2 is 1.79 bits per heavy atom. The van der Waals surface area contributed by atoms with Gasteiger partial charge in [0.1, 0.15) is 0 Å². The zero-order chi connectivity index (χ0) is 9.97. The number of fused-ring (bicyclic) bond motifs is 1. The van der Waals surface area contributed by atoms with Crippen LogP contribution in [0.25, 0.3) is 11.1 Å². The molecule has 1 aromatic rings. The van der Waals surface area contributed by atoms with E-state index in [4.69, 9.17) is 0 Å². The molecule has 0 aliphatic heterocycles. The summed E-state index contributed by atoms with van der Waals surface area (Å²) in [4.78, 5) is 3.97. The molecule has 2 aliphatic carbocycles. The zero-order valence-electron chi connectivity index (χ0n) is 7.44. The van der Waals surface area contributed by atoms with Crippen LogP contribution in [0.15, 0.2) is 47.1 Å². The van der Waals surface area contributed by atoms with Crippen LogP contribution in [0, 0.1) is 0 Å². The van der Waals surface area contributed by atoms with E-state index in [-0.39, 0.29) is 0 Å². The predicted molar refractivity (Wildman–Crippen MR) is 66.7 cm³/mol. The lowest BCUT2D eigenvalue weighted by molar-refractivity contribution is 1.38. The molecule has 1 nitrogen and oxygen atoms in total. The van der Waals surface area contributed by atoms with Crippen LogP contribution in [0.4, 0.5) is 0 Å². The van der Waals surface area contributed by atoms with Crippen molar-refractivity contribution in [3.05, 3.63) is 47.1 Å². The van der Waals surface area contributed by atoms with Crippen molar-refractivity contribution in [3.8, 4) is 11.1 Å². The van der Waals surface area contributed by atoms with Crippen molar-refractivity contribution in [2.24, 2.45) is 0 Å². The lowest BCUT2D eigenvalue weighted by Gasteiger charge is -1.88. The van der Waals surface area contributed by atoms with Gasteiger partial charge in [-0.1, -0.05) is 43.4 Å². The highest BCUT2D eigenvalue weighted by molar-refractivity contribution is 9.10. The fourth-order valence-electron chi connectivity index (χ4n) is 1.10. The molecule has 1 heterocycles. The van der Waals surface area contributed by atoms with Crippen molar-refractivity contribution >= 4 is 30.6 Å². The van der Waals surface area contributed by atoms with Crippen LogP contribution in [0.2, 0.25) is 0 Å². The predicted octanol–water partition coefficient (Wildman–Crippen LogP) is 3.01. The number of hydrogen-bond donors (Lipinski definition) is 0. The summed E-state index contributed by atoms with van der Waals surface area (Å²) in [5, 5.41) is 0. The summed E-state index contributed by atoms with van der Waals surface area (Å²) in [5.74, 6) is 0. The van der Waals surface area contributed by atoms with Gasteiger partial charge in [-0.25, -0.2) is 0 Å². The Kier molecular flexibility index (Phi) is 2.95. The first-order chi connectivity index (χ1) is 6.75. The van der Waals surface area contributed by atoms with Crippen LogP contribution in [0.5, 0.6) is 0 Å². The highest BCUT2D eigenvalue weighted by Gasteiger charge is 2.06. The maximum absolute atomic E-state index is 3.97. The molecule has 3 heteroatoms. The summed E-state index contributed by atoms with van der Waals surface area (Å²) in [6.07, 6.45) is 1.76. The Bertz CT molecular complexity index is 422. The summed E-state index contributed by atoms with van der Waals surface area (Å²) >= 11 is 3.31. The third-order valence-corrected chi connectivity index (χ3v) is 2.66. The standard InChI is InChI=1S/C6H4.C5H5BrNP/c1-2-5-4-6(5)3-1;6-4-1-2-7-5(8)3-4/h1-4H;1-3H,8H2. The van der Waals surface area contributed by atoms with E-state index in [0.29, 0.717) is 0 Å². The summed E-state index contributed by atoms with van der Waals surface area (Å²) in [6.45, 7) is 0. The van der Waals surface area contributed by atoms with Crippen molar-refractivity contribution < 1.29 is 0 Å². The van der Waals surface area contributed by atoms with Gasteiger partial charge in [0, 0.05) is 10.7 Å². The average Bonchev–Trinajstić information content (AvgIpc) is 2.74. The van der Waals surface area contributed by atoms with E-state index in [9.17, 15) is 0 Å². The quantitative estimate of drug-likeness (QED) is 0.570. The monoisotopic (exact) mass is 265 g/mol. The smallest absolute Gasteiger partial charge is 0.0580 e. The van der Waals surface area contributed by atoms with E-state index < -0.39 is 0 Å². The van der Waals surface area contributed by atoms with Gasteiger partial charge in [-0.2, -0.15) is 0 Å². The van der Waals surface area contributed by atoms with Crippen molar-refractivity contribution in [1.82, 2.24) is 4.98 Å². The minimum Gasteiger partial charge on any atom is -0.257 e. The third kappa shape index (κ3) is 2.63.